The molecular formula is C10H16N6. The molecule has 0 amide bonds. The Morgan fingerprint density at radius 2 is 2.25 bits per heavy atom. The highest BCUT2D eigenvalue weighted by molar-refractivity contribution is 5.82. The van der Waals surface area contributed by atoms with Gasteiger partial charge in [0.1, 0.15) is 5.52 Å². The lowest BCUT2D eigenvalue weighted by Crippen LogP contribution is -2.09. The first-order valence-corrected chi connectivity index (χ1v) is 5.37. The fraction of sp³-hybridized carbons (Fsp3) is 0.500. The molecule has 0 aliphatic carbocycles. The topological polar surface area (TPSA) is 92.5 Å². The molecule has 0 aliphatic rings. The van der Waals surface area contributed by atoms with Crippen molar-refractivity contribution in [3.8, 4) is 0 Å². The average molecular weight is 220 g/mol. The number of rotatable bonds is 4. The van der Waals surface area contributed by atoms with Gasteiger partial charge in [0.05, 0.1) is 6.33 Å². The Morgan fingerprint density at radius 3 is 3.00 bits per heavy atom. The Bertz CT molecular complexity index is 475. The summed E-state index contributed by atoms with van der Waals surface area (Å²) >= 11 is 0. The van der Waals surface area contributed by atoms with E-state index in [2.05, 4.69) is 39.1 Å². The molecule has 0 atom stereocenters. The Hall–Kier alpha value is -1.85. The third-order valence-electron chi connectivity index (χ3n) is 2.32. The summed E-state index contributed by atoms with van der Waals surface area (Å²) in [5, 5.41) is 3.14. The van der Waals surface area contributed by atoms with Crippen LogP contribution in [-0.2, 0) is 0 Å². The Labute approximate surface area is 93.7 Å². The van der Waals surface area contributed by atoms with Crippen LogP contribution in [0.3, 0.4) is 0 Å². The van der Waals surface area contributed by atoms with Gasteiger partial charge in [-0.15, -0.1) is 0 Å². The van der Waals surface area contributed by atoms with E-state index in [0.717, 1.165) is 13.0 Å². The zero-order valence-electron chi connectivity index (χ0n) is 9.49. The maximum Gasteiger partial charge on any atom is 0.226 e. The standard InChI is InChI=1S/C10H16N6/c1-6(2)3-4-12-10-15-8(11)7-9(16-10)14-5-13-7/h5-6H,3-4H2,1-2H3,(H4,11,12,13,14,15,16). The third kappa shape index (κ3) is 2.21. The monoisotopic (exact) mass is 220 g/mol. The molecule has 0 saturated heterocycles. The molecule has 16 heavy (non-hydrogen) atoms. The molecule has 0 spiro atoms. The normalized spacial score (nSPS) is 11.2. The van der Waals surface area contributed by atoms with Crippen molar-refractivity contribution >= 4 is 22.9 Å². The second-order valence-corrected chi connectivity index (χ2v) is 4.14. The largest absolute Gasteiger partial charge is 0.382 e. The molecule has 0 saturated carbocycles. The number of nitrogens with zero attached hydrogens (tertiary/aromatic N) is 3. The Balaban J connectivity index is 2.12. The van der Waals surface area contributed by atoms with Crippen LogP contribution in [-0.4, -0.2) is 26.5 Å². The Morgan fingerprint density at radius 1 is 1.44 bits per heavy atom. The number of nitrogens with one attached hydrogen (secondary N) is 2. The molecule has 0 fully saturated rings. The SMILES string of the molecule is CC(C)CCNc1nc(N)c2[nH]cnc2n1. The smallest absolute Gasteiger partial charge is 0.226 e. The third-order valence-corrected chi connectivity index (χ3v) is 2.32. The summed E-state index contributed by atoms with van der Waals surface area (Å²) < 4.78 is 0. The molecule has 2 aromatic heterocycles. The first-order chi connectivity index (χ1) is 7.66. The van der Waals surface area contributed by atoms with E-state index in [9.17, 15) is 0 Å². The number of aromatic amines is 1. The van der Waals surface area contributed by atoms with Crippen LogP contribution in [0.25, 0.3) is 11.2 Å². The van der Waals surface area contributed by atoms with Crippen molar-refractivity contribution in [2.75, 3.05) is 17.6 Å². The second kappa shape index (κ2) is 4.34. The summed E-state index contributed by atoms with van der Waals surface area (Å²) in [5.74, 6) is 1.62. The molecule has 0 bridgehead atoms. The van der Waals surface area contributed by atoms with E-state index < -0.39 is 0 Å². The molecule has 6 nitrogen and oxygen atoms in total. The van der Waals surface area contributed by atoms with E-state index in [-0.39, 0.29) is 0 Å². The molecule has 86 valence electrons. The second-order valence-electron chi connectivity index (χ2n) is 4.14. The van der Waals surface area contributed by atoms with E-state index in [0.29, 0.717) is 28.8 Å². The van der Waals surface area contributed by atoms with Gasteiger partial charge in [-0.2, -0.15) is 9.97 Å². The number of hydrogen-bond acceptors (Lipinski definition) is 5. The molecule has 2 rings (SSSR count). The maximum absolute atomic E-state index is 5.77. The molecule has 6 heteroatoms. The van der Waals surface area contributed by atoms with Crippen LogP contribution in [0.2, 0.25) is 0 Å². The van der Waals surface area contributed by atoms with Gasteiger partial charge in [-0.3, -0.25) is 0 Å². The molecule has 2 heterocycles. The zero-order chi connectivity index (χ0) is 11.5. The van der Waals surface area contributed by atoms with Gasteiger partial charge in [-0.25, -0.2) is 4.98 Å². The van der Waals surface area contributed by atoms with Gasteiger partial charge in [-0.05, 0) is 12.3 Å². The Kier molecular flexibility index (Phi) is 2.89. The molecule has 4 N–H and O–H groups in total. The van der Waals surface area contributed by atoms with Crippen molar-refractivity contribution in [3.05, 3.63) is 6.33 Å². The van der Waals surface area contributed by atoms with E-state index in [1.165, 1.54) is 0 Å². The van der Waals surface area contributed by atoms with Crippen LogP contribution < -0.4 is 11.1 Å². The van der Waals surface area contributed by atoms with Crippen molar-refractivity contribution in [2.45, 2.75) is 20.3 Å². The van der Waals surface area contributed by atoms with Crippen LogP contribution in [0.15, 0.2) is 6.33 Å². The average Bonchev–Trinajstić information content (AvgIpc) is 2.65. The van der Waals surface area contributed by atoms with Gasteiger partial charge >= 0.3 is 0 Å². The molecule has 0 radical (unpaired) electrons. The predicted octanol–water partition coefficient (Wildman–Crippen LogP) is 1.39. The van der Waals surface area contributed by atoms with Gasteiger partial charge in [-0.1, -0.05) is 13.8 Å². The summed E-state index contributed by atoms with van der Waals surface area (Å²) in [4.78, 5) is 15.4. The number of hydrogen-bond donors (Lipinski definition) is 3. The fourth-order valence-electron chi connectivity index (χ4n) is 1.41. The number of nitrogen functional groups attached to an aromatic ring is 1. The maximum atomic E-state index is 5.77. The number of nitrogens with two attached hydrogens (primary N) is 1. The lowest BCUT2D eigenvalue weighted by atomic mass is 10.1. The van der Waals surface area contributed by atoms with E-state index >= 15 is 0 Å². The number of anilines is 2. The number of aromatic nitrogens is 4. The lowest BCUT2D eigenvalue weighted by Gasteiger charge is -2.07. The van der Waals surface area contributed by atoms with Crippen LogP contribution in [0.1, 0.15) is 20.3 Å². The number of H-pyrrole nitrogens is 1. The van der Waals surface area contributed by atoms with Crippen molar-refractivity contribution < 1.29 is 0 Å². The fourth-order valence-corrected chi connectivity index (χ4v) is 1.41. The molecule has 0 unspecified atom stereocenters. The van der Waals surface area contributed by atoms with Crippen LogP contribution in [0, 0.1) is 5.92 Å². The molecule has 0 aliphatic heterocycles. The molecule has 0 aromatic carbocycles. The first-order valence-electron chi connectivity index (χ1n) is 5.37. The van der Waals surface area contributed by atoms with Gasteiger partial charge in [0.2, 0.25) is 5.95 Å². The van der Waals surface area contributed by atoms with E-state index in [1.807, 2.05) is 0 Å². The van der Waals surface area contributed by atoms with Crippen LogP contribution >= 0.6 is 0 Å². The zero-order valence-corrected chi connectivity index (χ0v) is 9.49. The lowest BCUT2D eigenvalue weighted by molar-refractivity contribution is 0.606. The van der Waals surface area contributed by atoms with Crippen LogP contribution in [0.4, 0.5) is 11.8 Å². The summed E-state index contributed by atoms with van der Waals surface area (Å²) in [6.45, 7) is 5.19. The van der Waals surface area contributed by atoms with Gasteiger partial charge in [0.15, 0.2) is 11.5 Å². The van der Waals surface area contributed by atoms with E-state index in [4.69, 9.17) is 5.73 Å². The van der Waals surface area contributed by atoms with Gasteiger partial charge in [0.25, 0.3) is 0 Å². The number of imidazole rings is 1. The minimum absolute atomic E-state index is 0.426. The highest BCUT2D eigenvalue weighted by Gasteiger charge is 2.06. The summed E-state index contributed by atoms with van der Waals surface area (Å²) in [6.07, 6.45) is 2.63. The summed E-state index contributed by atoms with van der Waals surface area (Å²) in [6, 6.07) is 0. The van der Waals surface area contributed by atoms with Crippen molar-refractivity contribution in [2.24, 2.45) is 5.92 Å². The molecule has 2 aromatic rings. The predicted molar refractivity (Wildman–Crippen MR) is 64.0 cm³/mol. The molecular weight excluding hydrogens is 204 g/mol. The van der Waals surface area contributed by atoms with Crippen LogP contribution in [0.5, 0.6) is 0 Å². The quantitative estimate of drug-likeness (QED) is 0.724. The minimum atomic E-state index is 0.426. The summed E-state index contributed by atoms with van der Waals surface area (Å²) in [7, 11) is 0. The van der Waals surface area contributed by atoms with E-state index in [1.54, 1.807) is 6.33 Å². The van der Waals surface area contributed by atoms with Crippen molar-refractivity contribution in [1.82, 2.24) is 19.9 Å². The first kappa shape index (κ1) is 10.7. The highest BCUT2D eigenvalue weighted by atomic mass is 15.2. The van der Waals surface area contributed by atoms with Crippen molar-refractivity contribution in [3.63, 3.8) is 0 Å². The minimum Gasteiger partial charge on any atom is -0.382 e. The van der Waals surface area contributed by atoms with Gasteiger partial charge < -0.3 is 16.0 Å². The number of fused-ring (bicyclic) bond motifs is 1. The van der Waals surface area contributed by atoms with Crippen molar-refractivity contribution in [1.29, 1.82) is 0 Å². The van der Waals surface area contributed by atoms with Gasteiger partial charge in [0, 0.05) is 6.54 Å². The highest BCUT2D eigenvalue weighted by Crippen LogP contribution is 2.15. The summed E-state index contributed by atoms with van der Waals surface area (Å²) in [5.41, 5.74) is 7.06.